The Hall–Kier alpha value is -1.51. The van der Waals surface area contributed by atoms with Gasteiger partial charge in [-0.05, 0) is 31.0 Å². The van der Waals surface area contributed by atoms with Crippen LogP contribution in [0.5, 0.6) is 5.75 Å². The Balaban J connectivity index is 2.47. The Labute approximate surface area is 180 Å². The van der Waals surface area contributed by atoms with Gasteiger partial charge in [0.2, 0.25) is 0 Å². The van der Waals surface area contributed by atoms with Gasteiger partial charge in [-0.3, -0.25) is 4.79 Å². The Kier molecular flexibility index (Phi) is 15.3. The third kappa shape index (κ3) is 11.9. The molecule has 166 valence electrons. The number of amides is 1. The molecule has 0 N–H and O–H groups in total. The molecular weight excluding hydrogens is 358 g/mol. The summed E-state index contributed by atoms with van der Waals surface area (Å²) in [5.74, 6) is 0.906. The smallest absolute Gasteiger partial charge is 0.253 e. The maximum absolute atomic E-state index is 13.1. The van der Waals surface area contributed by atoms with E-state index in [0.29, 0.717) is 0 Å². The first-order valence-electron chi connectivity index (χ1n) is 12.2. The van der Waals surface area contributed by atoms with Crippen LogP contribution in [0.1, 0.15) is 114 Å². The largest absolute Gasteiger partial charge is 0.497 e. The Morgan fingerprint density at radius 2 is 1.24 bits per heavy atom. The zero-order chi connectivity index (χ0) is 21.2. The molecule has 0 aliphatic rings. The number of unbranched alkanes of at least 4 members (excludes halogenated alkanes) is 12. The van der Waals surface area contributed by atoms with E-state index in [1.165, 1.54) is 77.0 Å². The van der Waals surface area contributed by atoms with E-state index in [1.807, 2.05) is 24.3 Å². The van der Waals surface area contributed by atoms with Gasteiger partial charge in [0.1, 0.15) is 5.75 Å². The summed E-state index contributed by atoms with van der Waals surface area (Å²) >= 11 is 0. The Morgan fingerprint density at radius 3 is 1.72 bits per heavy atom. The van der Waals surface area contributed by atoms with Gasteiger partial charge in [0.05, 0.1) is 7.11 Å². The molecule has 0 aromatic heterocycles. The van der Waals surface area contributed by atoms with Crippen LogP contribution in [0, 0.1) is 0 Å². The van der Waals surface area contributed by atoms with Crippen LogP contribution in [0.25, 0.3) is 0 Å². The zero-order valence-corrected chi connectivity index (χ0v) is 19.4. The average Bonchev–Trinajstić information content (AvgIpc) is 2.76. The number of hydrogen-bond acceptors (Lipinski definition) is 2. The zero-order valence-electron chi connectivity index (χ0n) is 19.4. The molecule has 0 unspecified atom stereocenters. The highest BCUT2D eigenvalue weighted by Gasteiger charge is 2.15. The molecule has 0 aliphatic heterocycles. The van der Waals surface area contributed by atoms with Crippen molar-refractivity contribution in [3.63, 3.8) is 0 Å². The van der Waals surface area contributed by atoms with E-state index in [2.05, 4.69) is 18.7 Å². The lowest BCUT2D eigenvalue weighted by molar-refractivity contribution is 0.0748. The van der Waals surface area contributed by atoms with Crippen LogP contribution in [0.2, 0.25) is 0 Å². The molecule has 1 amide bonds. The van der Waals surface area contributed by atoms with E-state index >= 15 is 0 Å². The number of ether oxygens (including phenoxy) is 1. The van der Waals surface area contributed by atoms with Crippen molar-refractivity contribution in [2.75, 3.05) is 20.2 Å². The van der Waals surface area contributed by atoms with Gasteiger partial charge in [0, 0.05) is 18.7 Å². The average molecular weight is 404 g/mol. The second-order valence-corrected chi connectivity index (χ2v) is 8.27. The fourth-order valence-corrected chi connectivity index (χ4v) is 3.77. The summed E-state index contributed by atoms with van der Waals surface area (Å²) in [5.41, 5.74) is 0.746. The minimum absolute atomic E-state index is 0.154. The Bertz CT molecular complexity index is 511. The first kappa shape index (κ1) is 25.5. The van der Waals surface area contributed by atoms with Gasteiger partial charge in [-0.2, -0.15) is 0 Å². The molecule has 1 aromatic rings. The number of hydrogen-bond donors (Lipinski definition) is 0. The van der Waals surface area contributed by atoms with Crippen molar-refractivity contribution in [1.82, 2.24) is 4.90 Å². The number of carbonyl (C=O) groups excluding carboxylic acids is 1. The lowest BCUT2D eigenvalue weighted by Crippen LogP contribution is -2.33. The van der Waals surface area contributed by atoms with Crippen LogP contribution in [0.15, 0.2) is 24.3 Å². The third-order valence-electron chi connectivity index (χ3n) is 5.67. The van der Waals surface area contributed by atoms with Gasteiger partial charge in [-0.1, -0.05) is 97.0 Å². The standard InChI is InChI=1S/C26H45NO2/c1-4-6-8-10-12-14-16-21-27(22-17-15-13-11-9-7-5-2)26(28)24-19-18-20-25(23-24)29-3/h18-20,23H,4-17,21-22H2,1-3H3. The second kappa shape index (κ2) is 17.4. The van der Waals surface area contributed by atoms with Crippen LogP contribution < -0.4 is 4.74 Å². The predicted octanol–water partition coefficient (Wildman–Crippen LogP) is 7.64. The van der Waals surface area contributed by atoms with Gasteiger partial charge in [-0.25, -0.2) is 0 Å². The normalized spacial score (nSPS) is 10.9. The Morgan fingerprint density at radius 1 is 0.759 bits per heavy atom. The summed E-state index contributed by atoms with van der Waals surface area (Å²) in [4.78, 5) is 15.2. The van der Waals surface area contributed by atoms with Gasteiger partial charge in [0.25, 0.3) is 5.91 Å². The van der Waals surface area contributed by atoms with Crippen LogP contribution in [0.3, 0.4) is 0 Å². The van der Waals surface area contributed by atoms with Crippen molar-refractivity contribution in [3.05, 3.63) is 29.8 Å². The molecule has 0 radical (unpaired) electrons. The molecule has 3 nitrogen and oxygen atoms in total. The fourth-order valence-electron chi connectivity index (χ4n) is 3.77. The van der Waals surface area contributed by atoms with E-state index in [-0.39, 0.29) is 5.91 Å². The molecule has 1 rings (SSSR count). The molecule has 0 saturated carbocycles. The second-order valence-electron chi connectivity index (χ2n) is 8.27. The quantitative estimate of drug-likeness (QED) is 0.236. The van der Waals surface area contributed by atoms with Crippen molar-refractivity contribution in [3.8, 4) is 5.75 Å². The lowest BCUT2D eigenvalue weighted by Gasteiger charge is -2.23. The number of methoxy groups -OCH3 is 1. The number of rotatable bonds is 18. The van der Waals surface area contributed by atoms with Gasteiger partial charge in [0.15, 0.2) is 0 Å². The van der Waals surface area contributed by atoms with Crippen LogP contribution in [-0.2, 0) is 0 Å². The van der Waals surface area contributed by atoms with Crippen molar-refractivity contribution in [2.24, 2.45) is 0 Å². The van der Waals surface area contributed by atoms with Crippen molar-refractivity contribution in [1.29, 1.82) is 0 Å². The minimum Gasteiger partial charge on any atom is -0.497 e. The molecule has 0 aliphatic carbocycles. The van der Waals surface area contributed by atoms with Crippen molar-refractivity contribution < 1.29 is 9.53 Å². The first-order chi connectivity index (χ1) is 14.2. The third-order valence-corrected chi connectivity index (χ3v) is 5.67. The highest BCUT2D eigenvalue weighted by molar-refractivity contribution is 5.94. The molecule has 1 aromatic carbocycles. The molecule has 3 heteroatoms. The fraction of sp³-hybridized carbons (Fsp3) is 0.731. The van der Waals surface area contributed by atoms with E-state index in [4.69, 9.17) is 4.74 Å². The van der Waals surface area contributed by atoms with Gasteiger partial charge >= 0.3 is 0 Å². The topological polar surface area (TPSA) is 29.5 Å². The van der Waals surface area contributed by atoms with Crippen molar-refractivity contribution >= 4 is 5.91 Å². The summed E-state index contributed by atoms with van der Waals surface area (Å²) in [6, 6.07) is 7.58. The highest BCUT2D eigenvalue weighted by Crippen LogP contribution is 2.16. The van der Waals surface area contributed by atoms with Gasteiger partial charge in [-0.15, -0.1) is 0 Å². The van der Waals surface area contributed by atoms with Crippen LogP contribution in [0.4, 0.5) is 0 Å². The summed E-state index contributed by atoms with van der Waals surface area (Å²) in [7, 11) is 1.65. The van der Waals surface area contributed by atoms with E-state index in [0.717, 1.165) is 37.2 Å². The minimum atomic E-state index is 0.154. The predicted molar refractivity (Wildman–Crippen MR) is 125 cm³/mol. The molecule has 0 fully saturated rings. The summed E-state index contributed by atoms with van der Waals surface area (Å²) < 4.78 is 5.30. The number of nitrogens with zero attached hydrogens (tertiary/aromatic N) is 1. The van der Waals surface area contributed by atoms with E-state index < -0.39 is 0 Å². The van der Waals surface area contributed by atoms with Crippen molar-refractivity contribution in [2.45, 2.75) is 104 Å². The molecule has 0 spiro atoms. The lowest BCUT2D eigenvalue weighted by atomic mass is 10.1. The SMILES string of the molecule is CCCCCCCCCN(CCCCCCCCC)C(=O)c1cccc(OC)c1. The molecule has 0 atom stereocenters. The highest BCUT2D eigenvalue weighted by atomic mass is 16.5. The van der Waals surface area contributed by atoms with Gasteiger partial charge < -0.3 is 9.64 Å². The molecular formula is C26H45NO2. The van der Waals surface area contributed by atoms with Crippen LogP contribution >= 0.6 is 0 Å². The maximum atomic E-state index is 13.1. The maximum Gasteiger partial charge on any atom is 0.253 e. The van der Waals surface area contributed by atoms with E-state index in [9.17, 15) is 4.79 Å². The molecule has 0 saturated heterocycles. The summed E-state index contributed by atoms with van der Waals surface area (Å²) in [5, 5.41) is 0. The van der Waals surface area contributed by atoms with Crippen LogP contribution in [-0.4, -0.2) is 31.0 Å². The molecule has 0 bridgehead atoms. The monoisotopic (exact) mass is 403 g/mol. The van der Waals surface area contributed by atoms with E-state index in [1.54, 1.807) is 7.11 Å². The number of carbonyl (C=O) groups is 1. The summed E-state index contributed by atoms with van der Waals surface area (Å²) in [6.45, 7) is 6.26. The number of benzene rings is 1. The first-order valence-corrected chi connectivity index (χ1v) is 12.2. The molecule has 0 heterocycles. The molecule has 29 heavy (non-hydrogen) atoms. The summed E-state index contributed by atoms with van der Waals surface area (Å²) in [6.07, 6.45) is 17.9.